The maximum Gasteiger partial charge on any atom is 0.347 e. The number of halogens is 1. The zero-order chi connectivity index (χ0) is 13.7. The van der Waals surface area contributed by atoms with Crippen LogP contribution in [0.25, 0.3) is 0 Å². The highest BCUT2D eigenvalue weighted by Gasteiger charge is 2.03. The van der Waals surface area contributed by atoms with Gasteiger partial charge in [-0.2, -0.15) is 0 Å². The fourth-order valence-corrected chi connectivity index (χ4v) is 0.915. The van der Waals surface area contributed by atoms with Crippen LogP contribution >= 0.6 is 22.6 Å². The molecule has 0 aliphatic rings. The van der Waals surface area contributed by atoms with Gasteiger partial charge in [-0.3, -0.25) is 0 Å². The van der Waals surface area contributed by atoms with Crippen molar-refractivity contribution in [2.24, 2.45) is 0 Å². The number of rotatable bonds is 4. The Morgan fingerprint density at radius 2 is 1.59 bits per heavy atom. The zero-order valence-corrected chi connectivity index (χ0v) is 12.2. The molecule has 0 fully saturated rings. The monoisotopic (exact) mass is 358 g/mol. The van der Waals surface area contributed by atoms with Gasteiger partial charge in [0.25, 0.3) is 0 Å². The molecule has 98 valence electrons. The largest absolute Gasteiger partial charge is 0.504 e. The summed E-state index contributed by atoms with van der Waals surface area (Å²) >= 11 is 1.83. The highest BCUT2D eigenvalue weighted by Crippen LogP contribution is 2.06. The minimum atomic E-state index is -0.410. The topological polar surface area (TPSA) is 71.1 Å². The normalized spacial score (nSPS) is 10.1. The van der Waals surface area contributed by atoms with Crippen molar-refractivity contribution >= 4 is 34.5 Å². The van der Waals surface area contributed by atoms with Crippen LogP contribution < -0.4 is 0 Å². The molecule has 0 aliphatic carbocycles. The molecule has 0 rings (SSSR count). The molecule has 7 heteroatoms. The minimum Gasteiger partial charge on any atom is -0.504 e. The van der Waals surface area contributed by atoms with E-state index in [-0.39, 0.29) is 5.97 Å². The maximum atomic E-state index is 10.5. The molecule has 0 saturated heterocycles. The Kier molecular flexibility index (Phi) is 13.7. The van der Waals surface area contributed by atoms with E-state index in [1.165, 1.54) is 47.0 Å². The fourth-order valence-electron chi connectivity index (χ4n) is 0.441. The van der Waals surface area contributed by atoms with Crippen LogP contribution in [0.1, 0.15) is 0 Å². The molecule has 0 saturated carbocycles. The third-order valence-corrected chi connectivity index (χ3v) is 1.84. The Balaban J connectivity index is 0. The van der Waals surface area contributed by atoms with Gasteiger partial charge in [0.05, 0.1) is 40.8 Å². The Morgan fingerprint density at radius 1 is 1.00 bits per heavy atom. The van der Waals surface area contributed by atoms with Crippen LogP contribution in [0.2, 0.25) is 0 Å². The van der Waals surface area contributed by atoms with Crippen LogP contribution in [0, 0.1) is 0 Å². The second-order valence-corrected chi connectivity index (χ2v) is 3.42. The van der Waals surface area contributed by atoms with Gasteiger partial charge in [-0.15, -0.1) is 0 Å². The number of ether oxygens (including phenoxy) is 4. The van der Waals surface area contributed by atoms with Gasteiger partial charge in [0.1, 0.15) is 9.84 Å². The molecule has 0 spiro atoms. The van der Waals surface area contributed by atoms with Crippen LogP contribution in [0.5, 0.6) is 0 Å². The van der Waals surface area contributed by atoms with E-state index < -0.39 is 5.97 Å². The van der Waals surface area contributed by atoms with Gasteiger partial charge in [-0.1, -0.05) is 0 Å². The summed E-state index contributed by atoms with van der Waals surface area (Å²) in [6.45, 7) is 0. The van der Waals surface area contributed by atoms with Crippen molar-refractivity contribution in [1.82, 2.24) is 0 Å². The van der Waals surface area contributed by atoms with E-state index >= 15 is 0 Å². The van der Waals surface area contributed by atoms with E-state index in [1.54, 1.807) is 0 Å². The molecule has 0 heterocycles. The Bertz CT molecular complexity index is 285. The van der Waals surface area contributed by atoms with Crippen molar-refractivity contribution < 1.29 is 28.5 Å². The third-order valence-electron chi connectivity index (χ3n) is 1.14. The van der Waals surface area contributed by atoms with Gasteiger partial charge in [0.15, 0.2) is 0 Å². The van der Waals surface area contributed by atoms with Crippen LogP contribution in [0.4, 0.5) is 0 Å². The minimum absolute atomic E-state index is 0.377. The number of carbonyl (C=O) groups excluding carboxylic acids is 2. The first-order valence-corrected chi connectivity index (χ1v) is 5.35. The zero-order valence-electron chi connectivity index (χ0n) is 10.1. The lowest BCUT2D eigenvalue weighted by atomic mass is 10.6. The summed E-state index contributed by atoms with van der Waals surface area (Å²) in [5.74, 6) is -0.788. The van der Waals surface area contributed by atoms with Gasteiger partial charge in [0.2, 0.25) is 0 Å². The highest BCUT2D eigenvalue weighted by molar-refractivity contribution is 14.1. The van der Waals surface area contributed by atoms with E-state index in [2.05, 4.69) is 18.9 Å². The summed E-state index contributed by atoms with van der Waals surface area (Å²) in [5, 5.41) is 0. The predicted octanol–water partition coefficient (Wildman–Crippen LogP) is 1.40. The number of carbonyl (C=O) groups is 2. The molecule has 0 aromatic rings. The van der Waals surface area contributed by atoms with Crippen molar-refractivity contribution in [3.63, 3.8) is 0 Å². The molecule has 0 bridgehead atoms. The van der Waals surface area contributed by atoms with Crippen LogP contribution in [0.15, 0.2) is 22.2 Å². The smallest absolute Gasteiger partial charge is 0.347 e. The van der Waals surface area contributed by atoms with E-state index in [0.717, 1.165) is 0 Å². The van der Waals surface area contributed by atoms with Crippen LogP contribution in [0.3, 0.4) is 0 Å². The highest BCUT2D eigenvalue weighted by atomic mass is 127. The van der Waals surface area contributed by atoms with Crippen molar-refractivity contribution in [2.45, 2.75) is 0 Å². The summed E-state index contributed by atoms with van der Waals surface area (Å²) in [6, 6.07) is 0. The van der Waals surface area contributed by atoms with Gasteiger partial charge in [-0.05, 0) is 22.6 Å². The van der Waals surface area contributed by atoms with Gasteiger partial charge >= 0.3 is 11.9 Å². The summed E-state index contributed by atoms with van der Waals surface area (Å²) in [7, 11) is 5.56. The van der Waals surface area contributed by atoms with Gasteiger partial charge in [-0.25, -0.2) is 9.59 Å². The molecule has 0 amide bonds. The first kappa shape index (κ1) is 18.1. The molecule has 6 nitrogen and oxygen atoms in total. The fraction of sp³-hybridized carbons (Fsp3) is 0.400. The van der Waals surface area contributed by atoms with E-state index in [1.807, 2.05) is 22.6 Å². The third kappa shape index (κ3) is 12.7. The average Bonchev–Trinajstić information content (AvgIpc) is 2.35. The number of methoxy groups -OCH3 is 4. The second kappa shape index (κ2) is 12.8. The first-order chi connectivity index (χ1) is 8.03. The number of hydrogen-bond donors (Lipinski definition) is 0. The van der Waals surface area contributed by atoms with Gasteiger partial charge in [0, 0.05) is 0 Å². The quantitative estimate of drug-likeness (QED) is 0.328. The van der Waals surface area contributed by atoms with Crippen LogP contribution in [-0.2, 0) is 28.5 Å². The van der Waals surface area contributed by atoms with Crippen molar-refractivity contribution in [3.05, 3.63) is 22.2 Å². The van der Waals surface area contributed by atoms with E-state index in [9.17, 15) is 9.59 Å². The number of hydrogen-bond acceptors (Lipinski definition) is 6. The summed E-state index contributed by atoms with van der Waals surface area (Å²) in [6.07, 6.45) is 3.78. The molecule has 0 aromatic carbocycles. The summed E-state index contributed by atoms with van der Waals surface area (Å²) in [4.78, 5) is 20.7. The Morgan fingerprint density at radius 3 is 1.94 bits per heavy atom. The summed E-state index contributed by atoms with van der Waals surface area (Å²) < 4.78 is 18.0. The molecular weight excluding hydrogens is 343 g/mol. The molecule has 0 aliphatic heterocycles. The molecular formula is C10H15IO6. The van der Waals surface area contributed by atoms with E-state index in [0.29, 0.717) is 3.58 Å². The Hall–Kier alpha value is -1.25. The predicted molar refractivity (Wildman–Crippen MR) is 69.3 cm³/mol. The van der Waals surface area contributed by atoms with Crippen molar-refractivity contribution in [3.8, 4) is 0 Å². The van der Waals surface area contributed by atoms with Gasteiger partial charge < -0.3 is 18.9 Å². The lowest BCUT2D eigenvalue weighted by Crippen LogP contribution is -1.98. The lowest BCUT2D eigenvalue weighted by Gasteiger charge is -1.94. The molecule has 0 radical (unpaired) electrons. The SMILES string of the molecule is CO/C=C(\I)C(=O)OC.CO/C=C/C(=O)OC. The van der Waals surface area contributed by atoms with E-state index in [4.69, 9.17) is 0 Å². The summed E-state index contributed by atoms with van der Waals surface area (Å²) in [5.41, 5.74) is 0. The standard InChI is InChI=1S/C5H7IO3.C5H8O3/c1-8-3-4(6)5(7)9-2;1-7-4-3-5(6)8-2/h3H,1-2H3;3-4H,1-2H3/b4-3-;4-3+. The molecule has 0 aromatic heterocycles. The molecule has 0 atom stereocenters. The molecule has 0 unspecified atom stereocenters. The van der Waals surface area contributed by atoms with Crippen molar-refractivity contribution in [2.75, 3.05) is 28.4 Å². The van der Waals surface area contributed by atoms with Crippen molar-refractivity contribution in [1.29, 1.82) is 0 Å². The first-order valence-electron chi connectivity index (χ1n) is 4.27. The van der Waals surface area contributed by atoms with Crippen LogP contribution in [-0.4, -0.2) is 40.4 Å². The maximum absolute atomic E-state index is 10.5. The molecule has 17 heavy (non-hydrogen) atoms. The molecule has 0 N–H and O–H groups in total. The second-order valence-electron chi connectivity index (χ2n) is 2.25. The number of esters is 2. The Labute approximate surface area is 114 Å². The average molecular weight is 358 g/mol. The lowest BCUT2D eigenvalue weighted by molar-refractivity contribution is -0.136.